The number of morpholine rings is 1. The van der Waals surface area contributed by atoms with Gasteiger partial charge in [-0.15, -0.1) is 0 Å². The summed E-state index contributed by atoms with van der Waals surface area (Å²) in [5.41, 5.74) is 1.47. The van der Waals surface area contributed by atoms with Gasteiger partial charge in [-0.1, -0.05) is 17.7 Å². The fourth-order valence-electron chi connectivity index (χ4n) is 3.76. The maximum Gasteiger partial charge on any atom is 0.323 e. The first-order valence-electron chi connectivity index (χ1n) is 10.8. The average Bonchev–Trinajstić information content (AvgIpc) is 3.32. The second-order valence-electron chi connectivity index (χ2n) is 7.83. The fraction of sp³-hybridized carbons (Fsp3) is 0.409. The topological polar surface area (TPSA) is 109 Å². The van der Waals surface area contributed by atoms with Crippen molar-refractivity contribution < 1.29 is 22.7 Å². The van der Waals surface area contributed by atoms with Gasteiger partial charge in [0.2, 0.25) is 10.0 Å². The molecule has 0 aromatic heterocycles. The SMILES string of the molecule is O=C(Nc1cccc(Cl)c1)Nc1cc(S(=O)(=O)N2CCOCC2)ccc1NCC1CCCO1. The molecule has 33 heavy (non-hydrogen) atoms. The Hall–Kier alpha value is -2.37. The molecule has 3 N–H and O–H groups in total. The van der Waals surface area contributed by atoms with Crippen LogP contribution in [0, 0.1) is 0 Å². The van der Waals surface area contributed by atoms with Crippen molar-refractivity contribution >= 4 is 44.7 Å². The van der Waals surface area contributed by atoms with E-state index >= 15 is 0 Å². The number of benzene rings is 2. The molecule has 4 rings (SSSR count). The van der Waals surface area contributed by atoms with Crippen LogP contribution in [0.3, 0.4) is 0 Å². The number of anilines is 3. The van der Waals surface area contributed by atoms with E-state index in [9.17, 15) is 13.2 Å². The number of ether oxygens (including phenoxy) is 2. The molecule has 0 radical (unpaired) electrons. The molecule has 2 amide bonds. The number of hydrogen-bond acceptors (Lipinski definition) is 6. The van der Waals surface area contributed by atoms with E-state index in [2.05, 4.69) is 16.0 Å². The Bertz CT molecular complexity index is 1090. The molecular formula is C22H27ClN4O5S. The second kappa shape index (κ2) is 10.7. The van der Waals surface area contributed by atoms with Crippen molar-refractivity contribution in [3.63, 3.8) is 0 Å². The van der Waals surface area contributed by atoms with Crippen molar-refractivity contribution in [1.82, 2.24) is 4.31 Å². The molecule has 2 aromatic rings. The smallest absolute Gasteiger partial charge is 0.323 e. The Morgan fingerprint density at radius 3 is 2.61 bits per heavy atom. The molecule has 2 fully saturated rings. The predicted molar refractivity (Wildman–Crippen MR) is 128 cm³/mol. The summed E-state index contributed by atoms with van der Waals surface area (Å²) in [7, 11) is -3.72. The van der Waals surface area contributed by atoms with Crippen molar-refractivity contribution in [1.29, 1.82) is 0 Å². The van der Waals surface area contributed by atoms with Crippen LogP contribution in [0.5, 0.6) is 0 Å². The van der Waals surface area contributed by atoms with Crippen LogP contribution >= 0.6 is 11.6 Å². The summed E-state index contributed by atoms with van der Waals surface area (Å²) in [6.45, 7) is 2.58. The number of amides is 2. The van der Waals surface area contributed by atoms with Crippen molar-refractivity contribution in [2.75, 3.05) is 55.4 Å². The number of nitrogens with one attached hydrogen (secondary N) is 3. The Kier molecular flexibility index (Phi) is 7.71. The first kappa shape index (κ1) is 23.8. The van der Waals surface area contributed by atoms with E-state index in [-0.39, 0.29) is 11.0 Å². The van der Waals surface area contributed by atoms with Gasteiger partial charge in [-0.2, -0.15) is 4.31 Å². The summed E-state index contributed by atoms with van der Waals surface area (Å²) >= 11 is 5.99. The monoisotopic (exact) mass is 494 g/mol. The van der Waals surface area contributed by atoms with E-state index in [1.807, 2.05) is 0 Å². The lowest BCUT2D eigenvalue weighted by Gasteiger charge is -2.26. The van der Waals surface area contributed by atoms with Crippen LogP contribution in [0.15, 0.2) is 47.4 Å². The summed E-state index contributed by atoms with van der Waals surface area (Å²) in [5, 5.41) is 9.24. The van der Waals surface area contributed by atoms with Gasteiger partial charge in [0.1, 0.15) is 0 Å². The third-order valence-corrected chi connectivity index (χ3v) is 7.60. The molecule has 2 aliphatic rings. The number of urea groups is 1. The summed E-state index contributed by atoms with van der Waals surface area (Å²) in [4.78, 5) is 12.8. The first-order chi connectivity index (χ1) is 15.9. The lowest BCUT2D eigenvalue weighted by molar-refractivity contribution is 0.0730. The van der Waals surface area contributed by atoms with Gasteiger partial charge in [0.15, 0.2) is 0 Å². The quantitative estimate of drug-likeness (QED) is 0.542. The number of rotatable bonds is 7. The fourth-order valence-corrected chi connectivity index (χ4v) is 5.38. The maximum absolute atomic E-state index is 13.1. The van der Waals surface area contributed by atoms with E-state index < -0.39 is 16.1 Å². The Balaban J connectivity index is 1.55. The van der Waals surface area contributed by atoms with Crippen LogP contribution in [-0.2, 0) is 19.5 Å². The normalized spacial score (nSPS) is 19.2. The number of nitrogens with zero attached hydrogens (tertiary/aromatic N) is 1. The van der Waals surface area contributed by atoms with Gasteiger partial charge in [0, 0.05) is 37.0 Å². The molecule has 2 aromatic carbocycles. The highest BCUT2D eigenvalue weighted by Crippen LogP contribution is 2.29. The van der Waals surface area contributed by atoms with Crippen LogP contribution in [0.25, 0.3) is 0 Å². The lowest BCUT2D eigenvalue weighted by atomic mass is 10.2. The molecule has 178 valence electrons. The van der Waals surface area contributed by atoms with Gasteiger partial charge in [-0.3, -0.25) is 0 Å². The molecule has 1 unspecified atom stereocenters. The molecule has 0 bridgehead atoms. The van der Waals surface area contributed by atoms with Crippen molar-refractivity contribution in [2.24, 2.45) is 0 Å². The van der Waals surface area contributed by atoms with Gasteiger partial charge in [-0.25, -0.2) is 13.2 Å². The third-order valence-electron chi connectivity index (χ3n) is 5.47. The van der Waals surface area contributed by atoms with Crippen LogP contribution in [0.2, 0.25) is 5.02 Å². The van der Waals surface area contributed by atoms with E-state index in [0.717, 1.165) is 19.4 Å². The number of carbonyl (C=O) groups is 1. The van der Waals surface area contributed by atoms with Crippen molar-refractivity contribution in [3.05, 3.63) is 47.5 Å². The second-order valence-corrected chi connectivity index (χ2v) is 10.2. The summed E-state index contributed by atoms with van der Waals surface area (Å²) in [5.74, 6) is 0. The molecule has 1 atom stereocenters. The molecule has 0 spiro atoms. The molecule has 2 heterocycles. The standard InChI is InChI=1S/C22H27ClN4O5S/c23-16-3-1-4-17(13-16)25-22(28)26-21-14-19(33(29,30)27-8-11-31-12-9-27)6-7-20(21)24-15-18-5-2-10-32-18/h1,3-4,6-7,13-14,18,24H,2,5,8-12,15H2,(H2,25,26,28). The number of hydrogen-bond donors (Lipinski definition) is 3. The van der Waals surface area contributed by atoms with E-state index in [4.69, 9.17) is 21.1 Å². The Labute approximate surface area is 198 Å². The average molecular weight is 495 g/mol. The van der Waals surface area contributed by atoms with Gasteiger partial charge in [-0.05, 0) is 49.2 Å². The molecular weight excluding hydrogens is 468 g/mol. The largest absolute Gasteiger partial charge is 0.381 e. The molecule has 2 aliphatic heterocycles. The Morgan fingerprint density at radius 2 is 1.88 bits per heavy atom. The third kappa shape index (κ3) is 6.15. The number of halogens is 1. The lowest BCUT2D eigenvalue weighted by Crippen LogP contribution is -2.40. The highest BCUT2D eigenvalue weighted by Gasteiger charge is 2.27. The zero-order chi connectivity index (χ0) is 23.3. The van der Waals surface area contributed by atoms with Crippen molar-refractivity contribution in [3.8, 4) is 0 Å². The van der Waals surface area contributed by atoms with Crippen LogP contribution in [0.4, 0.5) is 21.9 Å². The first-order valence-corrected chi connectivity index (χ1v) is 12.6. The van der Waals surface area contributed by atoms with E-state index in [0.29, 0.717) is 54.9 Å². The maximum atomic E-state index is 13.1. The summed E-state index contributed by atoms with van der Waals surface area (Å²) in [6.07, 6.45) is 2.04. The minimum Gasteiger partial charge on any atom is -0.381 e. The van der Waals surface area contributed by atoms with Gasteiger partial charge in [0.05, 0.1) is 35.6 Å². The summed E-state index contributed by atoms with van der Waals surface area (Å²) < 4.78 is 38.6. The molecule has 9 nitrogen and oxygen atoms in total. The zero-order valence-electron chi connectivity index (χ0n) is 18.1. The minimum atomic E-state index is -3.72. The van der Waals surface area contributed by atoms with Crippen LogP contribution < -0.4 is 16.0 Å². The predicted octanol–water partition coefficient (Wildman–Crippen LogP) is 3.60. The highest BCUT2D eigenvalue weighted by molar-refractivity contribution is 7.89. The van der Waals surface area contributed by atoms with Crippen molar-refractivity contribution in [2.45, 2.75) is 23.8 Å². The van der Waals surface area contributed by atoms with Gasteiger partial charge < -0.3 is 25.4 Å². The molecule has 11 heteroatoms. The molecule has 2 saturated heterocycles. The van der Waals surface area contributed by atoms with Crippen LogP contribution in [-0.4, -0.2) is 64.3 Å². The number of sulfonamides is 1. The van der Waals surface area contributed by atoms with Gasteiger partial charge in [0.25, 0.3) is 0 Å². The zero-order valence-corrected chi connectivity index (χ0v) is 19.6. The summed E-state index contributed by atoms with van der Waals surface area (Å²) in [6, 6.07) is 10.9. The highest BCUT2D eigenvalue weighted by atomic mass is 35.5. The Morgan fingerprint density at radius 1 is 1.06 bits per heavy atom. The van der Waals surface area contributed by atoms with Crippen LogP contribution in [0.1, 0.15) is 12.8 Å². The van der Waals surface area contributed by atoms with Gasteiger partial charge >= 0.3 is 6.03 Å². The molecule has 0 aliphatic carbocycles. The van der Waals surface area contributed by atoms with E-state index in [1.165, 1.54) is 10.4 Å². The number of carbonyl (C=O) groups excluding carboxylic acids is 1. The minimum absolute atomic E-state index is 0.0786. The molecule has 0 saturated carbocycles. The van der Waals surface area contributed by atoms with E-state index in [1.54, 1.807) is 36.4 Å².